The minimum Gasteiger partial charge on any atom is -0.380 e. The molecule has 23 heavy (non-hydrogen) atoms. The van der Waals surface area contributed by atoms with Gasteiger partial charge in [0.15, 0.2) is 5.43 Å². The number of anilines is 1. The first-order valence-electron chi connectivity index (χ1n) is 8.85. The summed E-state index contributed by atoms with van der Waals surface area (Å²) in [5.41, 5.74) is 2.46. The van der Waals surface area contributed by atoms with Crippen molar-refractivity contribution in [3.8, 4) is 0 Å². The van der Waals surface area contributed by atoms with Crippen LogP contribution >= 0.6 is 0 Å². The van der Waals surface area contributed by atoms with E-state index in [1.807, 2.05) is 6.07 Å². The Labute approximate surface area is 135 Å². The minimum atomic E-state index is -0.309. The van der Waals surface area contributed by atoms with Crippen molar-refractivity contribution >= 4 is 16.6 Å². The maximum absolute atomic E-state index is 14.5. The van der Waals surface area contributed by atoms with Gasteiger partial charge in [-0.05, 0) is 44.2 Å². The van der Waals surface area contributed by atoms with Crippen LogP contribution in [-0.4, -0.2) is 10.6 Å². The molecule has 1 fully saturated rings. The number of aryl methyl sites for hydroxylation is 2. The van der Waals surface area contributed by atoms with Gasteiger partial charge in [-0.25, -0.2) is 4.39 Å². The van der Waals surface area contributed by atoms with Gasteiger partial charge in [0, 0.05) is 29.7 Å². The van der Waals surface area contributed by atoms with Crippen LogP contribution in [0, 0.1) is 5.82 Å². The first-order chi connectivity index (χ1) is 11.2. The third-order valence-corrected chi connectivity index (χ3v) is 5.32. The van der Waals surface area contributed by atoms with Crippen LogP contribution < -0.4 is 10.7 Å². The molecule has 0 spiro atoms. The van der Waals surface area contributed by atoms with Gasteiger partial charge in [0.2, 0.25) is 0 Å². The molecule has 4 rings (SSSR count). The van der Waals surface area contributed by atoms with Gasteiger partial charge in [-0.15, -0.1) is 0 Å². The number of hydrogen-bond donors (Lipinski definition) is 1. The van der Waals surface area contributed by atoms with Crippen LogP contribution in [0.2, 0.25) is 0 Å². The fourth-order valence-corrected chi connectivity index (χ4v) is 4.07. The van der Waals surface area contributed by atoms with Crippen molar-refractivity contribution in [3.05, 3.63) is 39.9 Å². The minimum absolute atomic E-state index is 0.0590. The van der Waals surface area contributed by atoms with Crippen LogP contribution in [0.1, 0.15) is 50.6 Å². The molecule has 1 aliphatic heterocycles. The van der Waals surface area contributed by atoms with Crippen molar-refractivity contribution in [2.24, 2.45) is 0 Å². The van der Waals surface area contributed by atoms with Crippen LogP contribution in [0.4, 0.5) is 10.1 Å². The van der Waals surface area contributed by atoms with Crippen LogP contribution in [0.3, 0.4) is 0 Å². The molecule has 0 unspecified atom stereocenters. The molecule has 0 atom stereocenters. The van der Waals surface area contributed by atoms with Crippen LogP contribution in [0.5, 0.6) is 0 Å². The van der Waals surface area contributed by atoms with Gasteiger partial charge in [0.1, 0.15) is 5.82 Å². The second kappa shape index (κ2) is 5.99. The van der Waals surface area contributed by atoms with E-state index in [0.717, 1.165) is 49.9 Å². The largest absolute Gasteiger partial charge is 0.380 e. The second-order valence-corrected chi connectivity index (χ2v) is 6.94. The van der Waals surface area contributed by atoms with E-state index in [9.17, 15) is 9.18 Å². The fraction of sp³-hybridized carbons (Fsp3) is 0.526. The number of fused-ring (bicyclic) bond motifs is 3. The molecule has 1 aromatic carbocycles. The van der Waals surface area contributed by atoms with E-state index in [-0.39, 0.29) is 11.2 Å². The highest BCUT2D eigenvalue weighted by atomic mass is 19.1. The normalized spacial score (nSPS) is 18.8. The van der Waals surface area contributed by atoms with E-state index in [1.165, 1.54) is 25.3 Å². The molecule has 1 saturated carbocycles. The Morgan fingerprint density at radius 2 is 1.87 bits per heavy atom. The number of aromatic nitrogens is 1. The lowest BCUT2D eigenvalue weighted by Crippen LogP contribution is -2.23. The van der Waals surface area contributed by atoms with Crippen molar-refractivity contribution in [1.82, 2.24) is 4.57 Å². The summed E-state index contributed by atoms with van der Waals surface area (Å²) in [6.07, 6.45) is 9.08. The first kappa shape index (κ1) is 14.7. The van der Waals surface area contributed by atoms with Gasteiger partial charge in [-0.3, -0.25) is 4.79 Å². The monoisotopic (exact) mass is 314 g/mol. The van der Waals surface area contributed by atoms with Crippen molar-refractivity contribution in [2.75, 3.05) is 5.32 Å². The number of nitrogens with zero attached hydrogens (tertiary/aromatic N) is 1. The zero-order valence-electron chi connectivity index (χ0n) is 13.4. The molecule has 1 N–H and O–H groups in total. The second-order valence-electron chi connectivity index (χ2n) is 6.94. The summed E-state index contributed by atoms with van der Waals surface area (Å²) in [6, 6.07) is 5.32. The Hall–Kier alpha value is -1.84. The maximum atomic E-state index is 14.5. The summed E-state index contributed by atoms with van der Waals surface area (Å²) in [7, 11) is 0. The summed E-state index contributed by atoms with van der Waals surface area (Å²) >= 11 is 0. The van der Waals surface area contributed by atoms with E-state index in [2.05, 4.69) is 9.88 Å². The van der Waals surface area contributed by atoms with Crippen LogP contribution in [0.25, 0.3) is 10.9 Å². The van der Waals surface area contributed by atoms with Gasteiger partial charge in [-0.1, -0.05) is 19.3 Å². The highest BCUT2D eigenvalue weighted by molar-refractivity contribution is 5.83. The molecule has 0 bridgehead atoms. The van der Waals surface area contributed by atoms with Gasteiger partial charge in [0.05, 0.1) is 11.2 Å². The fourth-order valence-electron chi connectivity index (χ4n) is 4.07. The molecule has 122 valence electrons. The maximum Gasteiger partial charge on any atom is 0.189 e. The molecule has 0 amide bonds. The van der Waals surface area contributed by atoms with Crippen LogP contribution in [0.15, 0.2) is 23.0 Å². The number of hydrogen-bond acceptors (Lipinski definition) is 2. The standard InChI is InChI=1S/C19H23FN2O/c20-16-11-15-18(12-17(16)21-13-6-2-1-3-7-13)22-9-5-4-8-14(22)10-19(15)23/h10-13,21H,1-9H2. The topological polar surface area (TPSA) is 34.0 Å². The molecule has 0 saturated heterocycles. The average Bonchev–Trinajstić information content (AvgIpc) is 2.57. The van der Waals surface area contributed by atoms with E-state index >= 15 is 0 Å². The molecule has 3 nitrogen and oxygen atoms in total. The van der Waals surface area contributed by atoms with Gasteiger partial charge < -0.3 is 9.88 Å². The lowest BCUT2D eigenvalue weighted by atomic mass is 9.95. The number of halogens is 1. The predicted octanol–water partition coefficient (Wildman–Crippen LogP) is 4.22. The molecular formula is C19H23FN2O. The molecule has 4 heteroatoms. The van der Waals surface area contributed by atoms with Crippen molar-refractivity contribution in [3.63, 3.8) is 0 Å². The molecule has 2 heterocycles. The predicted molar refractivity (Wildman–Crippen MR) is 91.6 cm³/mol. The van der Waals surface area contributed by atoms with Crippen molar-refractivity contribution in [2.45, 2.75) is 64.0 Å². The first-order valence-corrected chi connectivity index (χ1v) is 8.85. The zero-order valence-corrected chi connectivity index (χ0v) is 13.4. The van der Waals surface area contributed by atoms with Crippen molar-refractivity contribution < 1.29 is 4.39 Å². The zero-order chi connectivity index (χ0) is 15.8. The SMILES string of the molecule is O=c1cc2n(c3cc(NC4CCCCC4)c(F)cc13)CCCC2. The molecule has 1 aromatic heterocycles. The average molecular weight is 314 g/mol. The lowest BCUT2D eigenvalue weighted by Gasteiger charge is -2.25. The Balaban J connectivity index is 1.79. The molecular weight excluding hydrogens is 291 g/mol. The molecule has 1 aliphatic carbocycles. The summed E-state index contributed by atoms with van der Waals surface area (Å²) in [4.78, 5) is 12.3. The third kappa shape index (κ3) is 2.75. The Bertz CT molecular complexity index is 790. The number of rotatable bonds is 2. The highest BCUT2D eigenvalue weighted by Crippen LogP contribution is 2.28. The van der Waals surface area contributed by atoms with Gasteiger partial charge in [0.25, 0.3) is 0 Å². The Kier molecular flexibility index (Phi) is 3.83. The van der Waals surface area contributed by atoms with Gasteiger partial charge in [-0.2, -0.15) is 0 Å². The number of benzene rings is 1. The smallest absolute Gasteiger partial charge is 0.189 e. The summed E-state index contributed by atoms with van der Waals surface area (Å²) < 4.78 is 16.7. The quantitative estimate of drug-likeness (QED) is 0.900. The highest BCUT2D eigenvalue weighted by Gasteiger charge is 2.18. The Morgan fingerprint density at radius 1 is 1.04 bits per heavy atom. The number of nitrogens with one attached hydrogen (secondary N) is 1. The molecule has 0 radical (unpaired) electrons. The molecule has 2 aromatic rings. The third-order valence-electron chi connectivity index (χ3n) is 5.32. The Morgan fingerprint density at radius 3 is 2.70 bits per heavy atom. The van der Waals surface area contributed by atoms with E-state index in [1.54, 1.807) is 6.07 Å². The van der Waals surface area contributed by atoms with Crippen LogP contribution in [-0.2, 0) is 13.0 Å². The summed E-state index contributed by atoms with van der Waals surface area (Å²) in [6.45, 7) is 0.917. The van der Waals surface area contributed by atoms with Crippen molar-refractivity contribution in [1.29, 1.82) is 0 Å². The van der Waals surface area contributed by atoms with E-state index in [4.69, 9.17) is 0 Å². The summed E-state index contributed by atoms with van der Waals surface area (Å²) in [5.74, 6) is -0.309. The summed E-state index contributed by atoms with van der Waals surface area (Å²) in [5, 5.41) is 3.88. The van der Waals surface area contributed by atoms with E-state index in [0.29, 0.717) is 17.1 Å². The van der Waals surface area contributed by atoms with E-state index < -0.39 is 0 Å². The lowest BCUT2D eigenvalue weighted by molar-refractivity contribution is 0.460. The van der Waals surface area contributed by atoms with Gasteiger partial charge >= 0.3 is 0 Å². The number of pyridine rings is 1. The molecule has 2 aliphatic rings.